The third-order valence-electron chi connectivity index (χ3n) is 2.80. The van der Waals surface area contributed by atoms with Gasteiger partial charge in [0.2, 0.25) is 0 Å². The van der Waals surface area contributed by atoms with Gasteiger partial charge in [-0.05, 0) is 30.2 Å². The van der Waals surface area contributed by atoms with E-state index in [4.69, 9.17) is 16.8 Å². The molecule has 0 aliphatic heterocycles. The maximum Gasteiger partial charge on any atom is 0.121 e. The van der Waals surface area contributed by atoms with E-state index in [0.29, 0.717) is 16.2 Å². The second-order valence-corrected chi connectivity index (χ2v) is 4.53. The van der Waals surface area contributed by atoms with E-state index in [0.717, 1.165) is 11.1 Å². The van der Waals surface area contributed by atoms with Crippen molar-refractivity contribution in [3.63, 3.8) is 0 Å². The van der Waals surface area contributed by atoms with Gasteiger partial charge in [-0.3, -0.25) is 0 Å². The molecule has 94 valence electrons. The van der Waals surface area contributed by atoms with E-state index in [2.05, 4.69) is 11.2 Å². The van der Waals surface area contributed by atoms with E-state index in [-0.39, 0.29) is 5.71 Å². The molecule has 19 heavy (non-hydrogen) atoms. The fraction of sp³-hybridized carbons (Fsp3) is 0.0667. The van der Waals surface area contributed by atoms with Crippen LogP contribution in [0.25, 0.3) is 5.57 Å². The highest BCUT2D eigenvalue weighted by Gasteiger charge is 2.12. The lowest BCUT2D eigenvalue weighted by atomic mass is 9.97. The molecule has 0 spiro atoms. The minimum atomic E-state index is 0.284. The zero-order chi connectivity index (χ0) is 13.8. The Morgan fingerprint density at radius 3 is 2.47 bits per heavy atom. The molecule has 3 nitrogen and oxygen atoms in total. The fourth-order valence-electron chi connectivity index (χ4n) is 1.76. The molecule has 0 bridgehead atoms. The Morgan fingerprint density at radius 2 is 1.95 bits per heavy atom. The molecular weight excluding hydrogens is 260 g/mol. The summed E-state index contributed by atoms with van der Waals surface area (Å²) in [7, 11) is 0. The predicted octanol–water partition coefficient (Wildman–Crippen LogP) is 3.79. The van der Waals surface area contributed by atoms with Crippen LogP contribution in [0.1, 0.15) is 11.1 Å². The summed E-state index contributed by atoms with van der Waals surface area (Å²) in [6, 6.07) is 9.87. The van der Waals surface area contributed by atoms with Gasteiger partial charge in [0.25, 0.3) is 0 Å². The summed E-state index contributed by atoms with van der Waals surface area (Å²) >= 11 is 5.97. The maximum atomic E-state index is 9.32. The molecule has 0 unspecified atom stereocenters. The van der Waals surface area contributed by atoms with Crippen LogP contribution in [0.15, 0.2) is 58.3 Å². The number of nitrogens with zero attached hydrogens (tertiary/aromatic N) is 2. The van der Waals surface area contributed by atoms with Crippen LogP contribution in [0.2, 0.25) is 0 Å². The highest BCUT2D eigenvalue weighted by Crippen LogP contribution is 2.25. The molecule has 0 atom stereocenters. The van der Waals surface area contributed by atoms with Gasteiger partial charge in [-0.2, -0.15) is 5.26 Å². The van der Waals surface area contributed by atoms with Crippen LogP contribution in [0.3, 0.4) is 0 Å². The molecule has 0 aromatic heterocycles. The molecule has 0 fully saturated rings. The third kappa shape index (κ3) is 2.75. The number of aryl methyl sites for hydroxylation is 1. The highest BCUT2D eigenvalue weighted by atomic mass is 35.5. The number of oxime groups is 1. The summed E-state index contributed by atoms with van der Waals surface area (Å²) in [4.78, 5) is 0. The summed E-state index contributed by atoms with van der Waals surface area (Å²) in [6.45, 7) is 1.99. The van der Waals surface area contributed by atoms with E-state index in [1.165, 1.54) is 0 Å². The standard InChI is InChI=1S/C15H11ClN2O/c1-10-2-4-11(5-3-10)13(9-17)12-6-7-15(18-19)14(16)8-12/h2-8,19H,1H3/b13-12-,18-15-. The second-order valence-electron chi connectivity index (χ2n) is 4.12. The SMILES string of the molecule is Cc1ccc(/C(C#N)=C2C=C/C(=N/O)C(Cl)=C/2)cc1. The van der Waals surface area contributed by atoms with Crippen LogP contribution >= 0.6 is 11.6 Å². The van der Waals surface area contributed by atoms with Crippen molar-refractivity contribution in [3.05, 3.63) is 64.2 Å². The van der Waals surface area contributed by atoms with Crippen molar-refractivity contribution in [2.24, 2.45) is 5.16 Å². The van der Waals surface area contributed by atoms with Crippen LogP contribution in [0, 0.1) is 18.3 Å². The summed E-state index contributed by atoms with van der Waals surface area (Å²) in [6.07, 6.45) is 4.90. The number of halogens is 1. The lowest BCUT2D eigenvalue weighted by Gasteiger charge is -2.08. The van der Waals surface area contributed by atoms with E-state index >= 15 is 0 Å². The molecule has 1 aromatic carbocycles. The lowest BCUT2D eigenvalue weighted by molar-refractivity contribution is 0.320. The lowest BCUT2D eigenvalue weighted by Crippen LogP contribution is -2.00. The van der Waals surface area contributed by atoms with Gasteiger partial charge in [-0.1, -0.05) is 52.7 Å². The number of hydrogen-bond acceptors (Lipinski definition) is 3. The van der Waals surface area contributed by atoms with Crippen molar-refractivity contribution in [3.8, 4) is 6.07 Å². The van der Waals surface area contributed by atoms with Crippen molar-refractivity contribution in [2.45, 2.75) is 6.92 Å². The Bertz CT molecular complexity index is 658. The van der Waals surface area contributed by atoms with Crippen molar-refractivity contribution in [1.29, 1.82) is 5.26 Å². The summed E-state index contributed by atoms with van der Waals surface area (Å²) in [5, 5.41) is 21.4. The first kappa shape index (κ1) is 13.1. The topological polar surface area (TPSA) is 56.4 Å². The average molecular weight is 271 g/mol. The number of rotatable bonds is 1. The smallest absolute Gasteiger partial charge is 0.121 e. The van der Waals surface area contributed by atoms with Crippen molar-refractivity contribution < 1.29 is 5.21 Å². The normalized spacial score (nSPS) is 19.0. The molecule has 2 rings (SSSR count). The van der Waals surface area contributed by atoms with Crippen LogP contribution in [-0.2, 0) is 0 Å². The van der Waals surface area contributed by atoms with Gasteiger partial charge < -0.3 is 5.21 Å². The number of nitriles is 1. The third-order valence-corrected chi connectivity index (χ3v) is 3.10. The van der Waals surface area contributed by atoms with Crippen LogP contribution in [0.5, 0.6) is 0 Å². The summed E-state index contributed by atoms with van der Waals surface area (Å²) in [5.41, 5.74) is 3.48. The molecule has 1 aliphatic rings. The Labute approximate surface area is 116 Å². The molecule has 0 saturated heterocycles. The van der Waals surface area contributed by atoms with Gasteiger partial charge in [-0.15, -0.1) is 0 Å². The van der Waals surface area contributed by atoms with Gasteiger partial charge in [0.15, 0.2) is 0 Å². The van der Waals surface area contributed by atoms with E-state index in [1.807, 2.05) is 31.2 Å². The van der Waals surface area contributed by atoms with Gasteiger partial charge in [0.05, 0.1) is 10.6 Å². The Hall–Kier alpha value is -2.31. The number of allylic oxidation sites excluding steroid dienone is 6. The minimum Gasteiger partial charge on any atom is -0.410 e. The fourth-order valence-corrected chi connectivity index (χ4v) is 1.98. The largest absolute Gasteiger partial charge is 0.410 e. The van der Waals surface area contributed by atoms with Crippen LogP contribution < -0.4 is 0 Å². The molecule has 1 aromatic rings. The summed E-state index contributed by atoms with van der Waals surface area (Å²) < 4.78 is 0. The first-order valence-corrected chi connectivity index (χ1v) is 6.02. The molecule has 0 radical (unpaired) electrons. The second kappa shape index (κ2) is 5.55. The van der Waals surface area contributed by atoms with Gasteiger partial charge in [-0.25, -0.2) is 0 Å². The van der Waals surface area contributed by atoms with Gasteiger partial charge in [0, 0.05) is 0 Å². The molecule has 1 aliphatic carbocycles. The summed E-state index contributed by atoms with van der Waals surface area (Å²) in [5.74, 6) is 0. The van der Waals surface area contributed by atoms with E-state index in [9.17, 15) is 5.26 Å². The molecule has 0 saturated carbocycles. The quantitative estimate of drug-likeness (QED) is 0.479. The average Bonchev–Trinajstić information content (AvgIpc) is 2.42. The number of benzene rings is 1. The molecule has 4 heteroatoms. The molecule has 0 heterocycles. The van der Waals surface area contributed by atoms with Crippen molar-refractivity contribution >= 4 is 22.9 Å². The molecule has 0 amide bonds. The van der Waals surface area contributed by atoms with Crippen LogP contribution in [-0.4, -0.2) is 10.9 Å². The van der Waals surface area contributed by atoms with Crippen molar-refractivity contribution in [1.82, 2.24) is 0 Å². The minimum absolute atomic E-state index is 0.284. The predicted molar refractivity (Wildman–Crippen MR) is 76.0 cm³/mol. The Balaban J connectivity index is 2.51. The van der Waals surface area contributed by atoms with E-state index in [1.54, 1.807) is 18.2 Å². The first-order chi connectivity index (χ1) is 9.15. The monoisotopic (exact) mass is 270 g/mol. The zero-order valence-corrected chi connectivity index (χ0v) is 11.0. The molecular formula is C15H11ClN2O. The van der Waals surface area contributed by atoms with Crippen molar-refractivity contribution in [2.75, 3.05) is 0 Å². The Kier molecular flexibility index (Phi) is 3.84. The zero-order valence-electron chi connectivity index (χ0n) is 10.3. The van der Waals surface area contributed by atoms with E-state index < -0.39 is 0 Å². The molecule has 1 N–H and O–H groups in total. The van der Waals surface area contributed by atoms with Gasteiger partial charge in [0.1, 0.15) is 11.8 Å². The number of hydrogen-bond donors (Lipinski definition) is 1. The first-order valence-electron chi connectivity index (χ1n) is 5.65. The Morgan fingerprint density at radius 1 is 1.26 bits per heavy atom. The highest BCUT2D eigenvalue weighted by molar-refractivity contribution is 6.46. The maximum absolute atomic E-state index is 9.32. The van der Waals surface area contributed by atoms with Gasteiger partial charge >= 0.3 is 0 Å². The van der Waals surface area contributed by atoms with Crippen LogP contribution in [0.4, 0.5) is 0 Å².